The molecule has 0 aliphatic heterocycles. The van der Waals surface area contributed by atoms with Crippen molar-refractivity contribution in [1.29, 1.82) is 0 Å². The van der Waals surface area contributed by atoms with Gasteiger partial charge in [0.2, 0.25) is 0 Å². The maximum atomic E-state index is 13.1. The lowest BCUT2D eigenvalue weighted by atomic mass is 10.1. The third kappa shape index (κ3) is 1.51. The number of halogens is 1. The minimum absolute atomic E-state index is 0.272. The van der Waals surface area contributed by atoms with Crippen LogP contribution in [0.5, 0.6) is 0 Å². The van der Waals surface area contributed by atoms with Crippen LogP contribution in [0.1, 0.15) is 11.4 Å². The summed E-state index contributed by atoms with van der Waals surface area (Å²) in [6.45, 7) is 3.95. The molecule has 3 rings (SSSR count). The Labute approximate surface area is 104 Å². The third-order valence-corrected chi connectivity index (χ3v) is 3.18. The van der Waals surface area contributed by atoms with Gasteiger partial charge in [0.05, 0.1) is 11.4 Å². The van der Waals surface area contributed by atoms with E-state index in [0.29, 0.717) is 0 Å². The molecule has 4 nitrogen and oxygen atoms in total. The highest BCUT2D eigenvalue weighted by Crippen LogP contribution is 2.25. The van der Waals surface area contributed by atoms with E-state index in [-0.39, 0.29) is 5.82 Å². The first-order valence-electron chi connectivity index (χ1n) is 5.71. The van der Waals surface area contributed by atoms with Gasteiger partial charge < -0.3 is 4.40 Å². The van der Waals surface area contributed by atoms with Crippen LogP contribution in [0, 0.1) is 19.7 Å². The Hall–Kier alpha value is -2.17. The Morgan fingerprint density at radius 3 is 2.61 bits per heavy atom. The van der Waals surface area contributed by atoms with E-state index in [1.54, 1.807) is 10.5 Å². The third-order valence-electron chi connectivity index (χ3n) is 3.18. The number of aryl methyl sites for hydroxylation is 2. The van der Waals surface area contributed by atoms with Crippen LogP contribution < -0.4 is 0 Å². The van der Waals surface area contributed by atoms with Crippen molar-refractivity contribution in [3.05, 3.63) is 41.7 Å². The van der Waals surface area contributed by atoms with Crippen molar-refractivity contribution in [2.45, 2.75) is 13.8 Å². The Kier molecular flexibility index (Phi) is 2.23. The molecule has 3 heterocycles. The van der Waals surface area contributed by atoms with Crippen LogP contribution in [0.2, 0.25) is 0 Å². The zero-order chi connectivity index (χ0) is 12.9. The van der Waals surface area contributed by atoms with Gasteiger partial charge in [-0.3, -0.25) is 4.68 Å². The molecule has 3 aromatic rings. The van der Waals surface area contributed by atoms with Gasteiger partial charge in [-0.15, -0.1) is 0 Å². The first-order chi connectivity index (χ1) is 8.56. The molecular formula is C13H13FN4. The number of fused-ring (bicyclic) bond motifs is 1. The summed E-state index contributed by atoms with van der Waals surface area (Å²) in [5.74, 6) is -0.272. The van der Waals surface area contributed by atoms with Gasteiger partial charge in [-0.05, 0) is 26.0 Å². The normalized spacial score (nSPS) is 11.3. The molecule has 0 saturated carbocycles. The monoisotopic (exact) mass is 244 g/mol. The summed E-state index contributed by atoms with van der Waals surface area (Å²) < 4.78 is 16.7. The van der Waals surface area contributed by atoms with Crippen molar-refractivity contribution in [2.24, 2.45) is 7.05 Å². The fourth-order valence-electron chi connectivity index (χ4n) is 2.23. The summed E-state index contributed by atoms with van der Waals surface area (Å²) in [7, 11) is 1.90. The molecule has 0 saturated heterocycles. The second kappa shape index (κ2) is 3.66. The molecule has 18 heavy (non-hydrogen) atoms. The molecular weight excluding hydrogens is 231 g/mol. The Balaban J connectivity index is 2.25. The topological polar surface area (TPSA) is 35.1 Å². The van der Waals surface area contributed by atoms with E-state index < -0.39 is 0 Å². The van der Waals surface area contributed by atoms with Crippen LogP contribution in [-0.4, -0.2) is 19.2 Å². The number of aromatic nitrogens is 4. The second-order valence-electron chi connectivity index (χ2n) is 4.41. The van der Waals surface area contributed by atoms with Gasteiger partial charge in [-0.25, -0.2) is 9.37 Å². The molecule has 0 aliphatic rings. The Morgan fingerprint density at radius 2 is 1.94 bits per heavy atom. The fourth-order valence-corrected chi connectivity index (χ4v) is 2.23. The SMILES string of the molecule is Cc1nn(C)c(C)c1-c1cn2cc(F)ccc2n1. The minimum Gasteiger partial charge on any atom is -0.303 e. The number of pyridine rings is 1. The summed E-state index contributed by atoms with van der Waals surface area (Å²) in [6.07, 6.45) is 3.25. The lowest BCUT2D eigenvalue weighted by Crippen LogP contribution is -1.92. The molecule has 0 radical (unpaired) electrons. The fraction of sp³-hybridized carbons (Fsp3) is 0.231. The standard InChI is InChI=1S/C13H13FN4/c1-8-13(9(2)17(3)16-8)11-7-18-6-10(14)4-5-12(18)15-11/h4-7H,1-3H3. The predicted molar refractivity (Wildman–Crippen MR) is 66.8 cm³/mol. The number of hydrogen-bond acceptors (Lipinski definition) is 2. The molecule has 0 aromatic carbocycles. The smallest absolute Gasteiger partial charge is 0.139 e. The molecule has 0 fully saturated rings. The van der Waals surface area contributed by atoms with Crippen LogP contribution in [-0.2, 0) is 7.05 Å². The number of rotatable bonds is 1. The van der Waals surface area contributed by atoms with Gasteiger partial charge in [-0.1, -0.05) is 0 Å². The molecule has 0 aliphatic carbocycles. The van der Waals surface area contributed by atoms with E-state index in [2.05, 4.69) is 10.1 Å². The molecule has 3 aromatic heterocycles. The molecule has 0 N–H and O–H groups in total. The maximum absolute atomic E-state index is 13.1. The van der Waals surface area contributed by atoms with Gasteiger partial charge >= 0.3 is 0 Å². The lowest BCUT2D eigenvalue weighted by molar-refractivity contribution is 0.619. The van der Waals surface area contributed by atoms with Crippen LogP contribution in [0.3, 0.4) is 0 Å². The van der Waals surface area contributed by atoms with E-state index in [0.717, 1.165) is 28.3 Å². The van der Waals surface area contributed by atoms with Crippen molar-refractivity contribution in [1.82, 2.24) is 19.2 Å². The number of nitrogens with zero attached hydrogens (tertiary/aromatic N) is 4. The van der Waals surface area contributed by atoms with Gasteiger partial charge in [0.1, 0.15) is 11.5 Å². The molecule has 5 heteroatoms. The Morgan fingerprint density at radius 1 is 1.17 bits per heavy atom. The largest absolute Gasteiger partial charge is 0.303 e. The summed E-state index contributed by atoms with van der Waals surface area (Å²) in [5, 5.41) is 4.37. The van der Waals surface area contributed by atoms with Gasteiger partial charge in [-0.2, -0.15) is 5.10 Å². The first-order valence-corrected chi connectivity index (χ1v) is 5.71. The lowest BCUT2D eigenvalue weighted by Gasteiger charge is -1.96. The van der Waals surface area contributed by atoms with Crippen molar-refractivity contribution >= 4 is 5.65 Å². The molecule has 0 spiro atoms. The van der Waals surface area contributed by atoms with Crippen LogP contribution >= 0.6 is 0 Å². The van der Waals surface area contributed by atoms with Crippen molar-refractivity contribution in [2.75, 3.05) is 0 Å². The molecule has 0 unspecified atom stereocenters. The molecule has 0 amide bonds. The summed E-state index contributed by atoms with van der Waals surface area (Å²) >= 11 is 0. The van der Waals surface area contributed by atoms with Crippen LogP contribution in [0.25, 0.3) is 16.9 Å². The predicted octanol–water partition coefficient (Wildman–Crippen LogP) is 2.49. The zero-order valence-electron chi connectivity index (χ0n) is 10.5. The summed E-state index contributed by atoms with van der Waals surface area (Å²) in [4.78, 5) is 4.50. The summed E-state index contributed by atoms with van der Waals surface area (Å²) in [5.41, 5.74) is 4.55. The van der Waals surface area contributed by atoms with Crippen molar-refractivity contribution in [3.63, 3.8) is 0 Å². The molecule has 0 atom stereocenters. The highest BCUT2D eigenvalue weighted by Gasteiger charge is 2.14. The van der Waals surface area contributed by atoms with Crippen molar-refractivity contribution < 1.29 is 4.39 Å². The van der Waals surface area contributed by atoms with Crippen LogP contribution in [0.4, 0.5) is 4.39 Å². The van der Waals surface area contributed by atoms with E-state index in [9.17, 15) is 4.39 Å². The number of hydrogen-bond donors (Lipinski definition) is 0. The average Bonchev–Trinajstić information content (AvgIpc) is 2.80. The van der Waals surface area contributed by atoms with E-state index in [1.165, 1.54) is 12.3 Å². The maximum Gasteiger partial charge on any atom is 0.139 e. The molecule has 0 bridgehead atoms. The van der Waals surface area contributed by atoms with Gasteiger partial charge in [0.25, 0.3) is 0 Å². The number of imidazole rings is 1. The first kappa shape index (κ1) is 11.0. The van der Waals surface area contributed by atoms with E-state index in [1.807, 2.05) is 31.8 Å². The minimum atomic E-state index is -0.272. The van der Waals surface area contributed by atoms with E-state index in [4.69, 9.17) is 0 Å². The molecule has 92 valence electrons. The van der Waals surface area contributed by atoms with E-state index >= 15 is 0 Å². The Bertz CT molecular complexity index is 739. The van der Waals surface area contributed by atoms with Gasteiger partial charge in [0.15, 0.2) is 0 Å². The van der Waals surface area contributed by atoms with Crippen molar-refractivity contribution in [3.8, 4) is 11.3 Å². The summed E-state index contributed by atoms with van der Waals surface area (Å²) in [6, 6.07) is 3.08. The zero-order valence-corrected chi connectivity index (χ0v) is 10.5. The average molecular weight is 244 g/mol. The highest BCUT2D eigenvalue weighted by molar-refractivity contribution is 5.67. The van der Waals surface area contributed by atoms with Gasteiger partial charge in [0, 0.05) is 30.7 Å². The highest BCUT2D eigenvalue weighted by atomic mass is 19.1. The van der Waals surface area contributed by atoms with Crippen LogP contribution in [0.15, 0.2) is 24.5 Å². The quantitative estimate of drug-likeness (QED) is 0.659. The second-order valence-corrected chi connectivity index (χ2v) is 4.41.